The van der Waals surface area contributed by atoms with Gasteiger partial charge in [-0.15, -0.1) is 0 Å². The molecular weight excluding hydrogens is 339 g/mol. The Labute approximate surface area is 124 Å². The van der Waals surface area contributed by atoms with Crippen LogP contribution in [0.3, 0.4) is 0 Å². The van der Waals surface area contributed by atoms with Crippen molar-refractivity contribution in [3.63, 3.8) is 0 Å². The monoisotopic (exact) mass is 362 g/mol. The van der Waals surface area contributed by atoms with E-state index in [0.29, 0.717) is 5.92 Å². The van der Waals surface area contributed by atoms with Crippen LogP contribution in [-0.4, -0.2) is 31.7 Å². The third-order valence-electron chi connectivity index (χ3n) is 2.62. The lowest BCUT2D eigenvalue weighted by Crippen LogP contribution is -2.30. The summed E-state index contributed by atoms with van der Waals surface area (Å²) in [6.45, 7) is 8.22. The zero-order valence-corrected chi connectivity index (χ0v) is 13.6. The van der Waals surface area contributed by atoms with E-state index in [0.717, 1.165) is 31.9 Å². The van der Waals surface area contributed by atoms with Crippen molar-refractivity contribution in [1.82, 2.24) is 4.90 Å². The lowest BCUT2D eigenvalue weighted by molar-refractivity contribution is 0.136. The maximum absolute atomic E-state index is 5.89. The van der Waals surface area contributed by atoms with Gasteiger partial charge in [-0.2, -0.15) is 0 Å². The summed E-state index contributed by atoms with van der Waals surface area (Å²) in [6, 6.07) is 6.24. The number of anilines is 1. The molecule has 0 saturated heterocycles. The van der Waals surface area contributed by atoms with E-state index in [1.807, 2.05) is 6.07 Å². The first-order valence-corrected chi connectivity index (χ1v) is 7.35. The van der Waals surface area contributed by atoms with Crippen LogP contribution in [0, 0.1) is 9.49 Å². The first kappa shape index (κ1) is 15.7. The van der Waals surface area contributed by atoms with Crippen LogP contribution in [-0.2, 0) is 11.3 Å². The molecule has 0 radical (unpaired) electrons. The fourth-order valence-electron chi connectivity index (χ4n) is 2.00. The van der Waals surface area contributed by atoms with E-state index < -0.39 is 0 Å². The Bertz CT molecular complexity index is 349. The van der Waals surface area contributed by atoms with Gasteiger partial charge in [-0.1, -0.05) is 13.8 Å². The minimum atomic E-state index is 0.655. The smallest absolute Gasteiger partial charge is 0.0589 e. The topological polar surface area (TPSA) is 38.5 Å². The summed E-state index contributed by atoms with van der Waals surface area (Å²) in [5, 5.41) is 0. The minimum Gasteiger partial charge on any atom is -0.399 e. The summed E-state index contributed by atoms with van der Waals surface area (Å²) < 4.78 is 6.36. The number of benzene rings is 1. The van der Waals surface area contributed by atoms with Gasteiger partial charge in [0.05, 0.1) is 6.61 Å². The SMILES string of the molecule is COCCN(Cc1cc(N)cc(I)c1)CC(C)C. The molecule has 0 atom stereocenters. The summed E-state index contributed by atoms with van der Waals surface area (Å²) in [7, 11) is 1.75. The second kappa shape index (κ2) is 7.96. The normalized spacial score (nSPS) is 11.4. The molecule has 0 aliphatic heterocycles. The number of nitrogens with zero attached hydrogens (tertiary/aromatic N) is 1. The minimum absolute atomic E-state index is 0.655. The molecule has 2 N–H and O–H groups in total. The first-order chi connectivity index (χ1) is 8.51. The predicted molar refractivity (Wildman–Crippen MR) is 85.6 cm³/mol. The van der Waals surface area contributed by atoms with Crippen LogP contribution in [0.15, 0.2) is 18.2 Å². The van der Waals surface area contributed by atoms with Gasteiger partial charge in [-0.05, 0) is 52.3 Å². The van der Waals surface area contributed by atoms with Crippen LogP contribution in [0.5, 0.6) is 0 Å². The van der Waals surface area contributed by atoms with Gasteiger partial charge in [0.25, 0.3) is 0 Å². The fourth-order valence-corrected chi connectivity index (χ4v) is 2.76. The second-order valence-electron chi connectivity index (χ2n) is 5.01. The van der Waals surface area contributed by atoms with Crippen LogP contribution in [0.4, 0.5) is 5.69 Å². The zero-order valence-electron chi connectivity index (χ0n) is 11.4. The zero-order chi connectivity index (χ0) is 13.5. The number of nitrogen functional groups attached to an aromatic ring is 1. The van der Waals surface area contributed by atoms with E-state index in [4.69, 9.17) is 10.5 Å². The third-order valence-corrected chi connectivity index (χ3v) is 3.24. The number of nitrogens with two attached hydrogens (primary N) is 1. The Hall–Kier alpha value is -0.330. The molecule has 1 rings (SSSR count). The maximum Gasteiger partial charge on any atom is 0.0589 e. The van der Waals surface area contributed by atoms with Gasteiger partial charge in [0, 0.05) is 36.0 Å². The van der Waals surface area contributed by atoms with Gasteiger partial charge >= 0.3 is 0 Å². The Morgan fingerprint density at radius 1 is 1.33 bits per heavy atom. The Balaban J connectivity index is 2.68. The van der Waals surface area contributed by atoms with Crippen molar-refractivity contribution in [1.29, 1.82) is 0 Å². The van der Waals surface area contributed by atoms with Gasteiger partial charge in [0.2, 0.25) is 0 Å². The molecule has 0 aliphatic rings. The Morgan fingerprint density at radius 2 is 2.06 bits per heavy atom. The fraction of sp³-hybridized carbons (Fsp3) is 0.571. The first-order valence-electron chi connectivity index (χ1n) is 6.27. The van der Waals surface area contributed by atoms with Crippen LogP contribution in [0.1, 0.15) is 19.4 Å². The van der Waals surface area contributed by atoms with Crippen LogP contribution < -0.4 is 5.73 Å². The Morgan fingerprint density at radius 3 is 2.61 bits per heavy atom. The van der Waals surface area contributed by atoms with Crippen molar-refractivity contribution in [3.8, 4) is 0 Å². The van der Waals surface area contributed by atoms with E-state index in [2.05, 4.69) is 53.5 Å². The van der Waals surface area contributed by atoms with Gasteiger partial charge in [0.15, 0.2) is 0 Å². The number of methoxy groups -OCH3 is 1. The molecule has 0 heterocycles. The highest BCUT2D eigenvalue weighted by Gasteiger charge is 2.09. The van der Waals surface area contributed by atoms with Crippen molar-refractivity contribution in [2.45, 2.75) is 20.4 Å². The quantitative estimate of drug-likeness (QED) is 0.599. The summed E-state index contributed by atoms with van der Waals surface area (Å²) >= 11 is 2.31. The summed E-state index contributed by atoms with van der Waals surface area (Å²) in [5.74, 6) is 0.655. The van der Waals surface area contributed by atoms with Crippen LogP contribution >= 0.6 is 22.6 Å². The van der Waals surface area contributed by atoms with Crippen LogP contribution in [0.2, 0.25) is 0 Å². The van der Waals surface area contributed by atoms with E-state index in [9.17, 15) is 0 Å². The summed E-state index contributed by atoms with van der Waals surface area (Å²) in [4.78, 5) is 2.42. The summed E-state index contributed by atoms with van der Waals surface area (Å²) in [6.07, 6.45) is 0. The molecule has 0 fully saturated rings. The highest BCUT2D eigenvalue weighted by molar-refractivity contribution is 14.1. The number of rotatable bonds is 7. The second-order valence-corrected chi connectivity index (χ2v) is 6.26. The molecule has 0 spiro atoms. The molecule has 0 bridgehead atoms. The third kappa shape index (κ3) is 6.02. The predicted octanol–water partition coefficient (Wildman–Crippen LogP) is 2.98. The van der Waals surface area contributed by atoms with Crippen molar-refractivity contribution in [2.24, 2.45) is 5.92 Å². The lowest BCUT2D eigenvalue weighted by atomic mass is 10.1. The molecule has 0 unspecified atom stereocenters. The van der Waals surface area contributed by atoms with E-state index in [1.165, 1.54) is 9.13 Å². The van der Waals surface area contributed by atoms with E-state index >= 15 is 0 Å². The molecule has 3 nitrogen and oxygen atoms in total. The van der Waals surface area contributed by atoms with Crippen molar-refractivity contribution < 1.29 is 4.74 Å². The number of hydrogen-bond donors (Lipinski definition) is 1. The Kier molecular flexibility index (Phi) is 6.96. The molecule has 1 aromatic rings. The van der Waals surface area contributed by atoms with Crippen molar-refractivity contribution >= 4 is 28.3 Å². The van der Waals surface area contributed by atoms with Crippen LogP contribution in [0.25, 0.3) is 0 Å². The number of ether oxygens (including phenoxy) is 1. The lowest BCUT2D eigenvalue weighted by Gasteiger charge is -2.24. The molecule has 0 aromatic heterocycles. The van der Waals surface area contributed by atoms with E-state index in [1.54, 1.807) is 7.11 Å². The average Bonchev–Trinajstić information content (AvgIpc) is 2.23. The highest BCUT2D eigenvalue weighted by Crippen LogP contribution is 2.16. The molecular formula is C14H23IN2O. The molecule has 0 saturated carbocycles. The van der Waals surface area contributed by atoms with Crippen molar-refractivity contribution in [3.05, 3.63) is 27.3 Å². The van der Waals surface area contributed by atoms with E-state index in [-0.39, 0.29) is 0 Å². The molecule has 18 heavy (non-hydrogen) atoms. The standard InChI is InChI=1S/C14H23IN2O/c1-11(2)9-17(4-5-18-3)10-12-6-13(15)8-14(16)7-12/h6-8,11H,4-5,9-10,16H2,1-3H3. The van der Waals surface area contributed by atoms with Gasteiger partial charge in [-0.3, -0.25) is 4.90 Å². The molecule has 4 heteroatoms. The number of halogens is 1. The molecule has 102 valence electrons. The molecule has 1 aromatic carbocycles. The number of hydrogen-bond acceptors (Lipinski definition) is 3. The summed E-state index contributed by atoms with van der Waals surface area (Å²) in [5.41, 5.74) is 8.00. The molecule has 0 aliphatic carbocycles. The molecule has 0 amide bonds. The average molecular weight is 362 g/mol. The van der Waals surface area contributed by atoms with Crippen molar-refractivity contribution in [2.75, 3.05) is 32.5 Å². The van der Waals surface area contributed by atoms with Gasteiger partial charge < -0.3 is 10.5 Å². The van der Waals surface area contributed by atoms with Gasteiger partial charge in [-0.25, -0.2) is 0 Å². The largest absolute Gasteiger partial charge is 0.399 e. The highest BCUT2D eigenvalue weighted by atomic mass is 127. The van der Waals surface area contributed by atoms with Gasteiger partial charge in [0.1, 0.15) is 0 Å². The maximum atomic E-state index is 5.89.